The van der Waals surface area contributed by atoms with Gasteiger partial charge in [-0.3, -0.25) is 4.79 Å². The van der Waals surface area contributed by atoms with Gasteiger partial charge in [0.05, 0.1) is 17.6 Å². The first-order valence-corrected chi connectivity index (χ1v) is 10.2. The second-order valence-electron chi connectivity index (χ2n) is 6.31. The molecule has 1 aromatic rings. The normalized spacial score (nSPS) is 14.2. The van der Waals surface area contributed by atoms with Crippen LogP contribution in [0.25, 0.3) is 0 Å². The number of nitrogens with one attached hydrogen (secondary N) is 2. The molecule has 2 rings (SSSR count). The summed E-state index contributed by atoms with van der Waals surface area (Å²) in [6.07, 6.45) is 4.60. The lowest BCUT2D eigenvalue weighted by molar-refractivity contribution is 0.0601. The van der Waals surface area contributed by atoms with Crippen molar-refractivity contribution in [2.75, 3.05) is 25.5 Å². The fourth-order valence-electron chi connectivity index (χ4n) is 3.20. The van der Waals surface area contributed by atoms with E-state index in [0.717, 1.165) is 12.8 Å². The smallest absolute Gasteiger partial charge is 0.341 e. The Morgan fingerprint density at radius 1 is 1.27 bits per heavy atom. The number of carbonyl (C=O) groups is 2. The molecule has 2 N–H and O–H groups in total. The highest BCUT2D eigenvalue weighted by Gasteiger charge is 2.28. The molecule has 0 atom stereocenters. The number of hydrogen-bond donors (Lipinski definition) is 2. The molecule has 0 saturated heterocycles. The van der Waals surface area contributed by atoms with Gasteiger partial charge in [-0.05, 0) is 51.4 Å². The summed E-state index contributed by atoms with van der Waals surface area (Å²) in [5.74, 6) is -0.547. The maximum atomic E-state index is 12.8. The van der Waals surface area contributed by atoms with Crippen LogP contribution >= 0.6 is 23.6 Å². The van der Waals surface area contributed by atoms with Crippen molar-refractivity contribution in [2.45, 2.75) is 52.5 Å². The van der Waals surface area contributed by atoms with E-state index in [9.17, 15) is 9.59 Å². The van der Waals surface area contributed by atoms with Crippen LogP contribution in [0.3, 0.4) is 0 Å². The number of thiophene rings is 1. The molecular weight excluding hydrogens is 370 g/mol. The third-order valence-electron chi connectivity index (χ3n) is 4.70. The summed E-state index contributed by atoms with van der Waals surface area (Å²) in [4.78, 5) is 27.3. The van der Waals surface area contributed by atoms with Crippen LogP contribution < -0.4 is 10.6 Å². The molecule has 144 valence electrons. The third-order valence-corrected chi connectivity index (χ3v) is 6.11. The zero-order valence-electron chi connectivity index (χ0n) is 15.8. The Kier molecular flexibility index (Phi) is 7.40. The monoisotopic (exact) mass is 397 g/mol. The predicted molar refractivity (Wildman–Crippen MR) is 109 cm³/mol. The standard InChI is InChI=1S/C18H27N3O3S2/c1-5-21(6-2)16(22)14-11(3)13(17(23)24-4)15(26-14)20-18(25)19-12-9-7-8-10-12/h12H,5-10H2,1-4H3,(H2,19,20,25). The van der Waals surface area contributed by atoms with E-state index < -0.39 is 5.97 Å². The molecule has 1 saturated carbocycles. The van der Waals surface area contributed by atoms with Crippen LogP contribution in [0.2, 0.25) is 0 Å². The number of amides is 1. The minimum atomic E-state index is -0.469. The van der Waals surface area contributed by atoms with Crippen molar-refractivity contribution >= 4 is 45.5 Å². The van der Waals surface area contributed by atoms with E-state index in [1.807, 2.05) is 13.8 Å². The van der Waals surface area contributed by atoms with Crippen molar-refractivity contribution in [1.82, 2.24) is 10.2 Å². The first-order valence-electron chi connectivity index (χ1n) is 9.01. The van der Waals surface area contributed by atoms with Crippen molar-refractivity contribution in [3.63, 3.8) is 0 Å². The van der Waals surface area contributed by atoms with E-state index in [1.165, 1.54) is 31.3 Å². The summed E-state index contributed by atoms with van der Waals surface area (Å²) in [6.45, 7) is 6.88. The Morgan fingerprint density at radius 2 is 1.88 bits per heavy atom. The van der Waals surface area contributed by atoms with Crippen LogP contribution in [0.1, 0.15) is 65.1 Å². The fourth-order valence-corrected chi connectivity index (χ4v) is 4.70. The van der Waals surface area contributed by atoms with Gasteiger partial charge in [0.15, 0.2) is 5.11 Å². The topological polar surface area (TPSA) is 70.7 Å². The first-order chi connectivity index (χ1) is 12.4. The van der Waals surface area contributed by atoms with Gasteiger partial charge in [-0.2, -0.15) is 0 Å². The molecule has 1 aromatic heterocycles. The average molecular weight is 398 g/mol. The molecular formula is C18H27N3O3S2. The van der Waals surface area contributed by atoms with Crippen molar-refractivity contribution in [3.05, 3.63) is 16.0 Å². The third kappa shape index (κ3) is 4.54. The van der Waals surface area contributed by atoms with Crippen molar-refractivity contribution in [3.8, 4) is 0 Å². The molecule has 0 aromatic carbocycles. The number of hydrogen-bond acceptors (Lipinski definition) is 5. The van der Waals surface area contributed by atoms with Crippen molar-refractivity contribution < 1.29 is 14.3 Å². The van der Waals surface area contributed by atoms with Gasteiger partial charge in [-0.25, -0.2) is 4.79 Å². The molecule has 1 fully saturated rings. The van der Waals surface area contributed by atoms with E-state index >= 15 is 0 Å². The van der Waals surface area contributed by atoms with Gasteiger partial charge in [0, 0.05) is 19.1 Å². The molecule has 1 aliphatic carbocycles. The molecule has 0 spiro atoms. The Hall–Kier alpha value is -1.67. The largest absolute Gasteiger partial charge is 0.465 e. The van der Waals surface area contributed by atoms with Gasteiger partial charge in [0.25, 0.3) is 5.91 Å². The van der Waals surface area contributed by atoms with E-state index in [1.54, 1.807) is 11.8 Å². The molecule has 1 amide bonds. The highest BCUT2D eigenvalue weighted by atomic mass is 32.1. The van der Waals surface area contributed by atoms with Crippen LogP contribution in [0, 0.1) is 6.92 Å². The van der Waals surface area contributed by atoms with Crippen LogP contribution in [0.5, 0.6) is 0 Å². The Labute approximate surface area is 164 Å². The van der Waals surface area contributed by atoms with Crippen molar-refractivity contribution in [2.24, 2.45) is 0 Å². The lowest BCUT2D eigenvalue weighted by atomic mass is 10.1. The zero-order valence-corrected chi connectivity index (χ0v) is 17.4. The number of anilines is 1. The minimum Gasteiger partial charge on any atom is -0.465 e. The van der Waals surface area contributed by atoms with Crippen LogP contribution in [-0.2, 0) is 4.74 Å². The second-order valence-corrected chi connectivity index (χ2v) is 7.74. The van der Waals surface area contributed by atoms with Crippen LogP contribution in [0.15, 0.2) is 0 Å². The van der Waals surface area contributed by atoms with Crippen LogP contribution in [0.4, 0.5) is 5.00 Å². The summed E-state index contributed by atoms with van der Waals surface area (Å²) < 4.78 is 4.92. The average Bonchev–Trinajstić information content (AvgIpc) is 3.23. The molecule has 0 radical (unpaired) electrons. The van der Waals surface area contributed by atoms with Gasteiger partial charge in [-0.1, -0.05) is 12.8 Å². The summed E-state index contributed by atoms with van der Waals surface area (Å²) in [7, 11) is 1.34. The quantitative estimate of drug-likeness (QED) is 0.565. The van der Waals surface area contributed by atoms with Gasteiger partial charge in [0.2, 0.25) is 0 Å². The summed E-state index contributed by atoms with van der Waals surface area (Å²) in [5.41, 5.74) is 1.01. The molecule has 6 nitrogen and oxygen atoms in total. The number of thiocarbonyl (C=S) groups is 1. The van der Waals surface area contributed by atoms with Crippen molar-refractivity contribution in [1.29, 1.82) is 0 Å². The number of ether oxygens (including phenoxy) is 1. The highest BCUT2D eigenvalue weighted by molar-refractivity contribution is 7.80. The SMILES string of the molecule is CCN(CC)C(=O)c1sc(NC(=S)NC2CCCC2)c(C(=O)OC)c1C. The summed E-state index contributed by atoms with van der Waals surface area (Å²) in [6, 6.07) is 0.370. The van der Waals surface area contributed by atoms with Gasteiger partial charge in [0.1, 0.15) is 5.00 Å². The van der Waals surface area contributed by atoms with Crippen LogP contribution in [-0.4, -0.2) is 48.1 Å². The minimum absolute atomic E-state index is 0.0784. The predicted octanol–water partition coefficient (Wildman–Crippen LogP) is 3.55. The lowest BCUT2D eigenvalue weighted by Crippen LogP contribution is -2.36. The van der Waals surface area contributed by atoms with E-state index in [2.05, 4.69) is 10.6 Å². The number of rotatable bonds is 6. The Balaban J connectivity index is 2.28. The molecule has 8 heteroatoms. The zero-order chi connectivity index (χ0) is 19.3. The summed E-state index contributed by atoms with van der Waals surface area (Å²) >= 11 is 6.66. The van der Waals surface area contributed by atoms with E-state index in [-0.39, 0.29) is 5.91 Å². The van der Waals surface area contributed by atoms with Gasteiger partial charge >= 0.3 is 5.97 Å². The molecule has 0 aliphatic heterocycles. The number of methoxy groups -OCH3 is 1. The Bertz CT molecular complexity index is 677. The maximum absolute atomic E-state index is 12.8. The first kappa shape index (κ1) is 20.6. The lowest BCUT2D eigenvalue weighted by Gasteiger charge is -2.18. The van der Waals surface area contributed by atoms with E-state index in [0.29, 0.717) is 45.2 Å². The fraction of sp³-hybridized carbons (Fsp3) is 0.611. The van der Waals surface area contributed by atoms with Gasteiger partial charge in [-0.15, -0.1) is 11.3 Å². The van der Waals surface area contributed by atoms with E-state index in [4.69, 9.17) is 17.0 Å². The number of carbonyl (C=O) groups excluding carboxylic acids is 2. The number of nitrogens with zero attached hydrogens (tertiary/aromatic N) is 1. The molecule has 1 heterocycles. The highest BCUT2D eigenvalue weighted by Crippen LogP contribution is 2.34. The number of esters is 1. The molecule has 26 heavy (non-hydrogen) atoms. The molecule has 0 bridgehead atoms. The maximum Gasteiger partial charge on any atom is 0.341 e. The molecule has 0 unspecified atom stereocenters. The van der Waals surface area contributed by atoms with Gasteiger partial charge < -0.3 is 20.3 Å². The Morgan fingerprint density at radius 3 is 2.42 bits per heavy atom. The summed E-state index contributed by atoms with van der Waals surface area (Å²) in [5, 5.41) is 7.44. The second kappa shape index (κ2) is 9.32. The molecule has 1 aliphatic rings.